The smallest absolute Gasteiger partial charge is 0.228 e. The zero-order valence-electron chi connectivity index (χ0n) is 7.86. The van der Waals surface area contributed by atoms with E-state index in [2.05, 4.69) is 0 Å². The van der Waals surface area contributed by atoms with Gasteiger partial charge in [-0.2, -0.15) is 0 Å². The summed E-state index contributed by atoms with van der Waals surface area (Å²) in [6, 6.07) is 10.9. The van der Waals surface area contributed by atoms with E-state index in [1.807, 2.05) is 25.1 Å². The van der Waals surface area contributed by atoms with Crippen molar-refractivity contribution >= 4 is 5.78 Å². The van der Waals surface area contributed by atoms with Gasteiger partial charge in [0.15, 0.2) is 5.76 Å². The molecule has 0 saturated heterocycles. The van der Waals surface area contributed by atoms with E-state index in [4.69, 9.17) is 4.42 Å². The van der Waals surface area contributed by atoms with Crippen LogP contribution in [-0.2, 0) is 0 Å². The minimum absolute atomic E-state index is 0.0619. The van der Waals surface area contributed by atoms with Crippen molar-refractivity contribution < 1.29 is 9.21 Å². The van der Waals surface area contributed by atoms with Crippen LogP contribution in [-0.4, -0.2) is 5.78 Å². The Labute approximate surface area is 82.2 Å². The van der Waals surface area contributed by atoms with Crippen LogP contribution >= 0.6 is 0 Å². The lowest BCUT2D eigenvalue weighted by molar-refractivity contribution is 0.101. The van der Waals surface area contributed by atoms with Gasteiger partial charge in [-0.1, -0.05) is 24.3 Å². The third-order valence-corrected chi connectivity index (χ3v) is 2.13. The van der Waals surface area contributed by atoms with Crippen LogP contribution in [0.15, 0.2) is 47.1 Å². The summed E-state index contributed by atoms with van der Waals surface area (Å²) in [4.78, 5) is 11.8. The van der Waals surface area contributed by atoms with Crippen LogP contribution in [0.3, 0.4) is 0 Å². The number of benzene rings is 1. The molecule has 0 aliphatic carbocycles. The van der Waals surface area contributed by atoms with Gasteiger partial charge in [0.2, 0.25) is 5.78 Å². The summed E-state index contributed by atoms with van der Waals surface area (Å²) in [6.45, 7) is 1.91. The third kappa shape index (κ3) is 1.46. The fourth-order valence-electron chi connectivity index (χ4n) is 1.37. The first-order chi connectivity index (χ1) is 6.79. The largest absolute Gasteiger partial charge is 0.461 e. The maximum Gasteiger partial charge on any atom is 0.228 e. The third-order valence-electron chi connectivity index (χ3n) is 2.13. The molecule has 1 heterocycles. The van der Waals surface area contributed by atoms with Crippen LogP contribution in [0.4, 0.5) is 0 Å². The topological polar surface area (TPSA) is 30.2 Å². The average molecular weight is 186 g/mol. The monoisotopic (exact) mass is 186 g/mol. The summed E-state index contributed by atoms with van der Waals surface area (Å²) in [5.74, 6) is 0.326. The molecule has 0 radical (unpaired) electrons. The van der Waals surface area contributed by atoms with Crippen molar-refractivity contribution in [1.29, 1.82) is 0 Å². The molecule has 0 saturated carbocycles. The van der Waals surface area contributed by atoms with Gasteiger partial charge in [-0.05, 0) is 24.6 Å². The van der Waals surface area contributed by atoms with Gasteiger partial charge in [0, 0.05) is 5.56 Å². The molecule has 2 heteroatoms. The Hall–Kier alpha value is -1.83. The molecule has 2 rings (SSSR count). The Morgan fingerprint density at radius 1 is 1.14 bits per heavy atom. The van der Waals surface area contributed by atoms with Crippen LogP contribution in [0, 0.1) is 6.92 Å². The average Bonchev–Trinajstić information content (AvgIpc) is 2.70. The van der Waals surface area contributed by atoms with Crippen molar-refractivity contribution in [2.24, 2.45) is 0 Å². The normalized spacial score (nSPS) is 10.1. The molecule has 14 heavy (non-hydrogen) atoms. The maximum absolute atomic E-state index is 11.8. The molecule has 0 spiro atoms. The van der Waals surface area contributed by atoms with Gasteiger partial charge in [-0.3, -0.25) is 4.79 Å². The predicted octanol–water partition coefficient (Wildman–Crippen LogP) is 2.82. The molecule has 0 amide bonds. The lowest BCUT2D eigenvalue weighted by Crippen LogP contribution is -2.01. The number of hydrogen-bond acceptors (Lipinski definition) is 2. The number of carbonyl (C=O) groups is 1. The fourth-order valence-corrected chi connectivity index (χ4v) is 1.37. The molecule has 0 fully saturated rings. The summed E-state index contributed by atoms with van der Waals surface area (Å²) >= 11 is 0. The molecule has 70 valence electrons. The minimum atomic E-state index is -0.0619. The maximum atomic E-state index is 11.8. The molecular formula is C12H10O2. The first-order valence-corrected chi connectivity index (χ1v) is 4.43. The van der Waals surface area contributed by atoms with Crippen LogP contribution < -0.4 is 0 Å². The molecular weight excluding hydrogens is 176 g/mol. The summed E-state index contributed by atoms with van der Waals surface area (Å²) < 4.78 is 5.06. The number of furan rings is 1. The molecule has 0 bridgehead atoms. The SMILES string of the molecule is Cc1ccccc1C(=O)c1ccco1. The van der Waals surface area contributed by atoms with Crippen molar-refractivity contribution in [3.8, 4) is 0 Å². The van der Waals surface area contributed by atoms with Crippen molar-refractivity contribution in [3.63, 3.8) is 0 Å². The summed E-state index contributed by atoms with van der Waals surface area (Å²) in [6.07, 6.45) is 1.51. The second-order valence-electron chi connectivity index (χ2n) is 3.12. The van der Waals surface area contributed by atoms with Crippen molar-refractivity contribution in [3.05, 3.63) is 59.5 Å². The van der Waals surface area contributed by atoms with Crippen LogP contribution in [0.2, 0.25) is 0 Å². The number of rotatable bonds is 2. The minimum Gasteiger partial charge on any atom is -0.461 e. The van der Waals surface area contributed by atoms with Crippen LogP contribution in [0.5, 0.6) is 0 Å². The molecule has 2 aromatic rings. The molecule has 0 aliphatic rings. The second-order valence-corrected chi connectivity index (χ2v) is 3.12. The van der Waals surface area contributed by atoms with E-state index in [1.54, 1.807) is 18.2 Å². The quantitative estimate of drug-likeness (QED) is 0.675. The molecule has 0 unspecified atom stereocenters. The van der Waals surface area contributed by atoms with E-state index in [1.165, 1.54) is 6.26 Å². The van der Waals surface area contributed by atoms with Crippen LogP contribution in [0.25, 0.3) is 0 Å². The summed E-state index contributed by atoms with van der Waals surface area (Å²) in [5, 5.41) is 0. The number of ketones is 1. The van der Waals surface area contributed by atoms with E-state index in [9.17, 15) is 4.79 Å². The first kappa shape index (κ1) is 8.75. The van der Waals surface area contributed by atoms with Gasteiger partial charge < -0.3 is 4.42 Å². The Bertz CT molecular complexity index is 441. The van der Waals surface area contributed by atoms with E-state index < -0.39 is 0 Å². The molecule has 0 aliphatic heterocycles. The van der Waals surface area contributed by atoms with Crippen molar-refractivity contribution in [1.82, 2.24) is 0 Å². The number of hydrogen-bond donors (Lipinski definition) is 0. The summed E-state index contributed by atoms with van der Waals surface area (Å²) in [7, 11) is 0. The Balaban J connectivity index is 2.42. The van der Waals surface area contributed by atoms with Crippen molar-refractivity contribution in [2.45, 2.75) is 6.92 Å². The highest BCUT2D eigenvalue weighted by molar-refractivity contribution is 6.07. The van der Waals surface area contributed by atoms with Gasteiger partial charge in [0.05, 0.1) is 6.26 Å². The molecule has 0 atom stereocenters. The molecule has 2 nitrogen and oxygen atoms in total. The Morgan fingerprint density at radius 2 is 1.93 bits per heavy atom. The van der Waals surface area contributed by atoms with E-state index in [0.717, 1.165) is 5.56 Å². The van der Waals surface area contributed by atoms with Gasteiger partial charge >= 0.3 is 0 Å². The lowest BCUT2D eigenvalue weighted by Gasteiger charge is -2.00. The fraction of sp³-hybridized carbons (Fsp3) is 0.0833. The van der Waals surface area contributed by atoms with E-state index in [0.29, 0.717) is 11.3 Å². The highest BCUT2D eigenvalue weighted by atomic mass is 16.3. The zero-order chi connectivity index (χ0) is 9.97. The van der Waals surface area contributed by atoms with Gasteiger partial charge in [0.25, 0.3) is 0 Å². The second kappa shape index (κ2) is 3.50. The van der Waals surface area contributed by atoms with Gasteiger partial charge in [-0.15, -0.1) is 0 Å². The van der Waals surface area contributed by atoms with Gasteiger partial charge in [-0.25, -0.2) is 0 Å². The zero-order valence-corrected chi connectivity index (χ0v) is 7.86. The highest BCUT2D eigenvalue weighted by Gasteiger charge is 2.12. The first-order valence-electron chi connectivity index (χ1n) is 4.43. The summed E-state index contributed by atoms with van der Waals surface area (Å²) in [5.41, 5.74) is 1.66. The highest BCUT2D eigenvalue weighted by Crippen LogP contribution is 2.13. The predicted molar refractivity (Wildman–Crippen MR) is 53.3 cm³/mol. The van der Waals surface area contributed by atoms with Gasteiger partial charge in [0.1, 0.15) is 0 Å². The Morgan fingerprint density at radius 3 is 2.57 bits per heavy atom. The standard InChI is InChI=1S/C12H10O2/c1-9-5-2-3-6-10(9)12(13)11-7-4-8-14-11/h2-8H,1H3. The molecule has 1 aromatic carbocycles. The lowest BCUT2D eigenvalue weighted by atomic mass is 10.0. The van der Waals surface area contributed by atoms with Crippen molar-refractivity contribution in [2.75, 3.05) is 0 Å². The number of aryl methyl sites for hydroxylation is 1. The van der Waals surface area contributed by atoms with E-state index in [-0.39, 0.29) is 5.78 Å². The van der Waals surface area contributed by atoms with Crippen LogP contribution in [0.1, 0.15) is 21.7 Å². The molecule has 0 N–H and O–H groups in total. The number of carbonyl (C=O) groups excluding carboxylic acids is 1. The molecule has 1 aromatic heterocycles. The van der Waals surface area contributed by atoms with E-state index >= 15 is 0 Å². The Kier molecular flexibility index (Phi) is 2.19.